The third-order valence-electron chi connectivity index (χ3n) is 3.57. The van der Waals surface area contributed by atoms with Crippen LogP contribution >= 0.6 is 11.3 Å². The summed E-state index contributed by atoms with van der Waals surface area (Å²) < 4.78 is 0. The van der Waals surface area contributed by atoms with Crippen molar-refractivity contribution in [2.75, 3.05) is 0 Å². The number of thiazole rings is 1. The molecule has 122 valence electrons. The average molecular weight is 337 g/mol. The van der Waals surface area contributed by atoms with Gasteiger partial charge in [0.05, 0.1) is 24.4 Å². The number of aromatic nitrogens is 2. The van der Waals surface area contributed by atoms with Gasteiger partial charge in [0.25, 0.3) is 0 Å². The number of amides is 1. The normalized spacial score (nSPS) is 10.6. The molecule has 0 atom stereocenters. The first-order chi connectivity index (χ1) is 11.6. The first kappa shape index (κ1) is 16.3. The van der Waals surface area contributed by atoms with E-state index in [0.29, 0.717) is 6.54 Å². The predicted molar refractivity (Wildman–Crippen MR) is 96.8 cm³/mol. The third kappa shape index (κ3) is 4.26. The highest BCUT2D eigenvalue weighted by atomic mass is 32.1. The van der Waals surface area contributed by atoms with Gasteiger partial charge in [-0.2, -0.15) is 0 Å². The summed E-state index contributed by atoms with van der Waals surface area (Å²) in [6.45, 7) is 4.44. The summed E-state index contributed by atoms with van der Waals surface area (Å²) in [7, 11) is 0. The van der Waals surface area contributed by atoms with Crippen LogP contribution in [0.3, 0.4) is 0 Å². The Hall–Kier alpha value is -2.53. The first-order valence-corrected chi connectivity index (χ1v) is 8.69. The highest BCUT2D eigenvalue weighted by molar-refractivity contribution is 7.13. The molecular formula is C19H19N3OS. The number of benzene rings is 1. The van der Waals surface area contributed by atoms with E-state index >= 15 is 0 Å². The molecule has 0 fully saturated rings. The van der Waals surface area contributed by atoms with Crippen molar-refractivity contribution in [2.24, 2.45) is 0 Å². The van der Waals surface area contributed by atoms with Crippen molar-refractivity contribution in [2.45, 2.75) is 26.8 Å². The topological polar surface area (TPSA) is 54.9 Å². The van der Waals surface area contributed by atoms with Crippen LogP contribution in [0, 0.1) is 13.8 Å². The van der Waals surface area contributed by atoms with Gasteiger partial charge in [0.1, 0.15) is 5.01 Å². The van der Waals surface area contributed by atoms with Crippen molar-refractivity contribution in [3.8, 4) is 10.6 Å². The zero-order valence-electron chi connectivity index (χ0n) is 13.7. The highest BCUT2D eigenvalue weighted by Crippen LogP contribution is 2.24. The van der Waals surface area contributed by atoms with Gasteiger partial charge in [-0.3, -0.25) is 9.78 Å². The molecule has 1 N–H and O–H groups in total. The second kappa shape index (κ2) is 7.36. The second-order valence-electron chi connectivity index (χ2n) is 5.74. The first-order valence-electron chi connectivity index (χ1n) is 7.81. The number of nitrogens with zero attached hydrogens (tertiary/aromatic N) is 2. The molecule has 0 aliphatic heterocycles. The number of hydrogen-bond acceptors (Lipinski definition) is 4. The molecule has 1 amide bonds. The van der Waals surface area contributed by atoms with Crippen molar-refractivity contribution >= 4 is 17.2 Å². The Morgan fingerprint density at radius 2 is 1.92 bits per heavy atom. The maximum absolute atomic E-state index is 12.1. The smallest absolute Gasteiger partial charge is 0.226 e. The minimum absolute atomic E-state index is 0.0422. The molecule has 3 rings (SSSR count). The molecule has 5 heteroatoms. The molecule has 1 aromatic carbocycles. The van der Waals surface area contributed by atoms with Gasteiger partial charge in [-0.15, -0.1) is 11.3 Å². The minimum Gasteiger partial charge on any atom is -0.350 e. The molecule has 0 radical (unpaired) electrons. The van der Waals surface area contributed by atoms with Gasteiger partial charge in [-0.25, -0.2) is 4.98 Å². The SMILES string of the molecule is Cc1cccc(-c2nc(CC(=O)NCc3cccc(C)n3)cs2)c1. The molecule has 2 aromatic heterocycles. The summed E-state index contributed by atoms with van der Waals surface area (Å²) in [6.07, 6.45) is 0.286. The van der Waals surface area contributed by atoms with E-state index in [2.05, 4.69) is 34.3 Å². The van der Waals surface area contributed by atoms with Crippen LogP contribution in [0.1, 0.15) is 22.6 Å². The lowest BCUT2D eigenvalue weighted by Gasteiger charge is -2.04. The van der Waals surface area contributed by atoms with Crippen LogP contribution in [-0.2, 0) is 17.8 Å². The second-order valence-corrected chi connectivity index (χ2v) is 6.60. The summed E-state index contributed by atoms with van der Waals surface area (Å²) in [5.41, 5.74) is 4.90. The van der Waals surface area contributed by atoms with E-state index < -0.39 is 0 Å². The lowest BCUT2D eigenvalue weighted by atomic mass is 10.1. The highest BCUT2D eigenvalue weighted by Gasteiger charge is 2.09. The van der Waals surface area contributed by atoms with E-state index in [0.717, 1.165) is 27.7 Å². The van der Waals surface area contributed by atoms with Crippen LogP contribution in [0.5, 0.6) is 0 Å². The lowest BCUT2D eigenvalue weighted by molar-refractivity contribution is -0.120. The van der Waals surface area contributed by atoms with Crippen LogP contribution in [-0.4, -0.2) is 15.9 Å². The molecule has 0 unspecified atom stereocenters. The van der Waals surface area contributed by atoms with E-state index in [1.165, 1.54) is 5.56 Å². The third-order valence-corrected chi connectivity index (χ3v) is 4.51. The van der Waals surface area contributed by atoms with Crippen molar-refractivity contribution in [3.63, 3.8) is 0 Å². The quantitative estimate of drug-likeness (QED) is 0.773. The van der Waals surface area contributed by atoms with Gasteiger partial charge in [0.15, 0.2) is 0 Å². The van der Waals surface area contributed by atoms with Crippen LogP contribution in [0.15, 0.2) is 47.8 Å². The Kier molecular flexibility index (Phi) is 5.01. The summed E-state index contributed by atoms with van der Waals surface area (Å²) in [4.78, 5) is 21.0. The van der Waals surface area contributed by atoms with E-state index in [1.807, 2.05) is 42.6 Å². The number of nitrogens with one attached hydrogen (secondary N) is 1. The Bertz CT molecular complexity index is 857. The van der Waals surface area contributed by atoms with E-state index in [9.17, 15) is 4.79 Å². The minimum atomic E-state index is -0.0422. The number of pyridine rings is 1. The molecule has 0 saturated carbocycles. The van der Waals surface area contributed by atoms with Crippen LogP contribution in [0.2, 0.25) is 0 Å². The monoisotopic (exact) mass is 337 g/mol. The fraction of sp³-hybridized carbons (Fsp3) is 0.211. The Labute approximate surface area is 145 Å². The molecule has 0 aliphatic rings. The van der Waals surface area contributed by atoms with Gasteiger partial charge in [-0.1, -0.05) is 29.8 Å². The largest absolute Gasteiger partial charge is 0.350 e. The predicted octanol–water partition coefficient (Wildman–Crippen LogP) is 3.68. The molecular weight excluding hydrogens is 318 g/mol. The number of rotatable bonds is 5. The fourth-order valence-electron chi connectivity index (χ4n) is 2.41. The van der Waals surface area contributed by atoms with Gasteiger partial charge in [0, 0.05) is 16.6 Å². The number of carbonyl (C=O) groups excluding carboxylic acids is 1. The van der Waals surface area contributed by atoms with Crippen LogP contribution in [0.25, 0.3) is 10.6 Å². The molecule has 24 heavy (non-hydrogen) atoms. The number of carbonyl (C=O) groups is 1. The van der Waals surface area contributed by atoms with Crippen molar-refractivity contribution in [3.05, 3.63) is 70.5 Å². The summed E-state index contributed by atoms with van der Waals surface area (Å²) in [5.74, 6) is -0.0422. The van der Waals surface area contributed by atoms with Gasteiger partial charge < -0.3 is 5.32 Å². The number of hydrogen-bond donors (Lipinski definition) is 1. The zero-order valence-corrected chi connectivity index (χ0v) is 14.6. The molecule has 0 bridgehead atoms. The van der Waals surface area contributed by atoms with Crippen LogP contribution < -0.4 is 5.32 Å². The summed E-state index contributed by atoms with van der Waals surface area (Å²) >= 11 is 1.57. The molecule has 4 nitrogen and oxygen atoms in total. The Morgan fingerprint density at radius 3 is 2.71 bits per heavy atom. The average Bonchev–Trinajstić information content (AvgIpc) is 3.01. The fourth-order valence-corrected chi connectivity index (χ4v) is 3.23. The lowest BCUT2D eigenvalue weighted by Crippen LogP contribution is -2.25. The van der Waals surface area contributed by atoms with Gasteiger partial charge >= 0.3 is 0 Å². The standard InChI is InChI=1S/C19H19N3OS/c1-13-5-3-7-15(9-13)19-22-17(12-24-19)10-18(23)20-11-16-8-4-6-14(2)21-16/h3-9,12H,10-11H2,1-2H3,(H,20,23). The Morgan fingerprint density at radius 1 is 1.08 bits per heavy atom. The van der Waals surface area contributed by atoms with Gasteiger partial charge in [-0.05, 0) is 32.0 Å². The van der Waals surface area contributed by atoms with Gasteiger partial charge in [0.2, 0.25) is 5.91 Å². The molecule has 3 aromatic rings. The number of aryl methyl sites for hydroxylation is 2. The molecule has 2 heterocycles. The molecule has 0 aliphatic carbocycles. The van der Waals surface area contributed by atoms with Crippen molar-refractivity contribution in [1.82, 2.24) is 15.3 Å². The maximum atomic E-state index is 12.1. The maximum Gasteiger partial charge on any atom is 0.226 e. The molecule has 0 saturated heterocycles. The Balaban J connectivity index is 1.59. The van der Waals surface area contributed by atoms with Crippen LogP contribution in [0.4, 0.5) is 0 Å². The summed E-state index contributed by atoms with van der Waals surface area (Å²) in [5, 5.41) is 5.79. The van der Waals surface area contributed by atoms with Crippen molar-refractivity contribution < 1.29 is 4.79 Å². The van der Waals surface area contributed by atoms with E-state index in [-0.39, 0.29) is 12.3 Å². The zero-order chi connectivity index (χ0) is 16.9. The summed E-state index contributed by atoms with van der Waals surface area (Å²) in [6, 6.07) is 14.0. The van der Waals surface area contributed by atoms with Crippen molar-refractivity contribution in [1.29, 1.82) is 0 Å². The van der Waals surface area contributed by atoms with E-state index in [1.54, 1.807) is 11.3 Å². The van der Waals surface area contributed by atoms with E-state index in [4.69, 9.17) is 0 Å². The molecule has 0 spiro atoms.